The molecule has 4 heteroatoms. The molecule has 0 bridgehead atoms. The number of aromatic amines is 1. The van der Waals surface area contributed by atoms with Gasteiger partial charge in [0.05, 0.1) is 11.0 Å². The van der Waals surface area contributed by atoms with E-state index >= 15 is 0 Å². The van der Waals surface area contributed by atoms with Crippen molar-refractivity contribution < 1.29 is 0 Å². The minimum Gasteiger partial charge on any atom is -0.333 e. The van der Waals surface area contributed by atoms with Gasteiger partial charge in [-0.2, -0.15) is 12.6 Å². The summed E-state index contributed by atoms with van der Waals surface area (Å²) in [5.41, 5.74) is 3.43. The van der Waals surface area contributed by atoms with Gasteiger partial charge in [-0.15, -0.1) is 0 Å². The molecule has 86 valence electrons. The van der Waals surface area contributed by atoms with Gasteiger partial charge in [-0.1, -0.05) is 24.8 Å². The van der Waals surface area contributed by atoms with Crippen LogP contribution >= 0.6 is 24.4 Å². The number of hydrogen-bond donors (Lipinski definition) is 2. The number of imidazole rings is 1. The molecule has 1 aromatic heterocycles. The molecule has 0 amide bonds. The normalized spacial score (nSPS) is 13.2. The monoisotopic (exact) mass is 252 g/mol. The Bertz CT molecular complexity index is 479. The van der Waals surface area contributed by atoms with E-state index in [0.29, 0.717) is 5.92 Å². The molecule has 0 spiro atoms. The van der Waals surface area contributed by atoms with Crippen LogP contribution in [0.15, 0.2) is 23.4 Å². The Hall–Kier alpha value is -0.610. The van der Waals surface area contributed by atoms with Crippen LogP contribution in [0.1, 0.15) is 12.5 Å². The van der Waals surface area contributed by atoms with E-state index < -0.39 is 0 Å². The van der Waals surface area contributed by atoms with Crippen LogP contribution < -0.4 is 0 Å². The molecule has 0 aliphatic rings. The van der Waals surface area contributed by atoms with Gasteiger partial charge in [0.25, 0.3) is 0 Å². The topological polar surface area (TPSA) is 28.7 Å². The van der Waals surface area contributed by atoms with E-state index in [1.807, 2.05) is 0 Å². The number of thioether (sulfide) groups is 1. The smallest absolute Gasteiger partial charge is 0.166 e. The van der Waals surface area contributed by atoms with Crippen molar-refractivity contribution in [3.05, 3.63) is 23.8 Å². The Morgan fingerprint density at radius 2 is 2.31 bits per heavy atom. The van der Waals surface area contributed by atoms with Crippen molar-refractivity contribution in [2.45, 2.75) is 19.0 Å². The average molecular weight is 252 g/mol. The summed E-state index contributed by atoms with van der Waals surface area (Å²) < 4.78 is 0. The number of nitrogens with one attached hydrogen (secondary N) is 1. The summed E-state index contributed by atoms with van der Waals surface area (Å²) >= 11 is 6.05. The number of hydrogen-bond acceptors (Lipinski definition) is 3. The van der Waals surface area contributed by atoms with E-state index in [1.165, 1.54) is 5.56 Å². The maximum atomic E-state index is 4.54. The zero-order valence-corrected chi connectivity index (χ0v) is 11.2. The standard InChI is InChI=1S/C12H16N2S2/c1-8-3-4-10-11(5-8)14-12(13-10)16-7-9(2)6-15/h3-5,9,15H,6-7H2,1-2H3,(H,13,14). The Balaban J connectivity index is 2.13. The van der Waals surface area contributed by atoms with Crippen molar-refractivity contribution in [3.63, 3.8) is 0 Å². The number of H-pyrrole nitrogens is 1. The number of aromatic nitrogens is 2. The Morgan fingerprint density at radius 3 is 3.06 bits per heavy atom. The molecule has 0 aliphatic carbocycles. The van der Waals surface area contributed by atoms with E-state index in [0.717, 1.165) is 27.7 Å². The van der Waals surface area contributed by atoms with Crippen LogP contribution in [0.5, 0.6) is 0 Å². The first kappa shape index (κ1) is 11.9. The number of aryl methyl sites for hydroxylation is 1. The lowest BCUT2D eigenvalue weighted by atomic mass is 10.2. The SMILES string of the molecule is Cc1ccc2nc(SCC(C)CS)[nH]c2c1. The van der Waals surface area contributed by atoms with Crippen LogP contribution in [0, 0.1) is 12.8 Å². The van der Waals surface area contributed by atoms with Crippen molar-refractivity contribution in [2.24, 2.45) is 5.92 Å². The quantitative estimate of drug-likeness (QED) is 0.644. The second-order valence-corrected chi connectivity index (χ2v) is 5.54. The van der Waals surface area contributed by atoms with Gasteiger partial charge in [-0.25, -0.2) is 4.98 Å². The molecular weight excluding hydrogens is 236 g/mol. The number of fused-ring (bicyclic) bond motifs is 1. The summed E-state index contributed by atoms with van der Waals surface area (Å²) in [4.78, 5) is 7.89. The lowest BCUT2D eigenvalue weighted by Gasteiger charge is -2.04. The molecule has 0 aliphatic heterocycles. The first-order valence-electron chi connectivity index (χ1n) is 5.39. The Labute approximate surface area is 106 Å². The van der Waals surface area contributed by atoms with Crippen LogP contribution in [0.4, 0.5) is 0 Å². The van der Waals surface area contributed by atoms with Gasteiger partial charge >= 0.3 is 0 Å². The minimum absolute atomic E-state index is 0.614. The molecule has 16 heavy (non-hydrogen) atoms. The van der Waals surface area contributed by atoms with Crippen molar-refractivity contribution >= 4 is 35.4 Å². The second-order valence-electron chi connectivity index (χ2n) is 4.16. The fourth-order valence-corrected chi connectivity index (χ4v) is 2.65. The molecule has 0 saturated carbocycles. The lowest BCUT2D eigenvalue weighted by molar-refractivity contribution is 0.765. The van der Waals surface area contributed by atoms with Gasteiger partial charge < -0.3 is 4.98 Å². The van der Waals surface area contributed by atoms with Crippen LogP contribution in [-0.4, -0.2) is 21.5 Å². The average Bonchev–Trinajstić information content (AvgIpc) is 2.67. The maximum absolute atomic E-state index is 4.54. The van der Waals surface area contributed by atoms with Gasteiger partial charge in [0.1, 0.15) is 0 Å². The van der Waals surface area contributed by atoms with Gasteiger partial charge in [-0.3, -0.25) is 0 Å². The third-order valence-corrected chi connectivity index (χ3v) is 4.26. The molecule has 1 unspecified atom stereocenters. The molecule has 0 fully saturated rings. The summed E-state index contributed by atoms with van der Waals surface area (Å²) in [6.07, 6.45) is 0. The number of rotatable bonds is 4. The molecule has 2 nitrogen and oxygen atoms in total. The van der Waals surface area contributed by atoms with E-state index in [2.05, 4.69) is 54.6 Å². The fourth-order valence-electron chi connectivity index (χ4n) is 1.44. The predicted octanol–water partition coefficient (Wildman–Crippen LogP) is 3.53. The minimum atomic E-state index is 0.614. The molecule has 1 heterocycles. The van der Waals surface area contributed by atoms with Crippen LogP contribution in [-0.2, 0) is 0 Å². The molecule has 0 radical (unpaired) electrons. The third kappa shape index (κ3) is 2.74. The fraction of sp³-hybridized carbons (Fsp3) is 0.417. The summed E-state index contributed by atoms with van der Waals surface area (Å²) in [5.74, 6) is 2.59. The van der Waals surface area contributed by atoms with E-state index in [1.54, 1.807) is 11.8 Å². The van der Waals surface area contributed by atoms with Crippen molar-refractivity contribution in [1.29, 1.82) is 0 Å². The van der Waals surface area contributed by atoms with Crippen molar-refractivity contribution in [3.8, 4) is 0 Å². The summed E-state index contributed by atoms with van der Waals surface area (Å²) in [5, 5.41) is 1.01. The van der Waals surface area contributed by atoms with Crippen LogP contribution in [0.3, 0.4) is 0 Å². The zero-order valence-electron chi connectivity index (χ0n) is 9.53. The summed E-state index contributed by atoms with van der Waals surface area (Å²) in [6.45, 7) is 4.29. The zero-order chi connectivity index (χ0) is 11.5. The molecule has 0 saturated heterocycles. The predicted molar refractivity (Wildman–Crippen MR) is 74.6 cm³/mol. The highest BCUT2D eigenvalue weighted by Crippen LogP contribution is 2.22. The Kier molecular flexibility index (Phi) is 3.82. The highest BCUT2D eigenvalue weighted by Gasteiger charge is 2.05. The van der Waals surface area contributed by atoms with Gasteiger partial charge in [0.15, 0.2) is 5.16 Å². The van der Waals surface area contributed by atoms with Gasteiger partial charge in [0, 0.05) is 5.75 Å². The molecular formula is C12H16N2S2. The third-order valence-electron chi connectivity index (χ3n) is 2.43. The molecule has 1 atom stereocenters. The van der Waals surface area contributed by atoms with E-state index in [9.17, 15) is 0 Å². The highest BCUT2D eigenvalue weighted by molar-refractivity contribution is 7.99. The largest absolute Gasteiger partial charge is 0.333 e. The Morgan fingerprint density at radius 1 is 1.50 bits per heavy atom. The first-order chi connectivity index (χ1) is 7.69. The number of thiol groups is 1. The van der Waals surface area contributed by atoms with E-state index in [4.69, 9.17) is 0 Å². The van der Waals surface area contributed by atoms with Crippen LogP contribution in [0.25, 0.3) is 11.0 Å². The van der Waals surface area contributed by atoms with Gasteiger partial charge in [-0.05, 0) is 36.3 Å². The molecule has 2 rings (SSSR count). The summed E-state index contributed by atoms with van der Waals surface area (Å²) in [6, 6.07) is 6.29. The van der Waals surface area contributed by atoms with Crippen molar-refractivity contribution in [1.82, 2.24) is 9.97 Å². The lowest BCUT2D eigenvalue weighted by Crippen LogP contribution is -1.99. The molecule has 2 aromatic rings. The molecule has 1 N–H and O–H groups in total. The maximum Gasteiger partial charge on any atom is 0.166 e. The number of nitrogens with zero attached hydrogens (tertiary/aromatic N) is 1. The highest BCUT2D eigenvalue weighted by atomic mass is 32.2. The van der Waals surface area contributed by atoms with Gasteiger partial charge in [0.2, 0.25) is 0 Å². The van der Waals surface area contributed by atoms with E-state index in [-0.39, 0.29) is 0 Å². The first-order valence-corrected chi connectivity index (χ1v) is 7.01. The second kappa shape index (κ2) is 5.15. The van der Waals surface area contributed by atoms with Crippen molar-refractivity contribution in [2.75, 3.05) is 11.5 Å². The number of benzene rings is 1. The molecule has 1 aromatic carbocycles. The van der Waals surface area contributed by atoms with Crippen LogP contribution in [0.2, 0.25) is 0 Å². The summed E-state index contributed by atoms with van der Waals surface area (Å²) in [7, 11) is 0.